The van der Waals surface area contributed by atoms with E-state index >= 15 is 0 Å². The number of hydrogen-bond acceptors (Lipinski definition) is 5. The van der Waals surface area contributed by atoms with Gasteiger partial charge >= 0.3 is 0 Å². The normalized spacial score (nSPS) is 21.5. The SMILES string of the molecule is COc1cccc(N2CCN(CC(=O)N3CCCC[C@@H]3C(N)=O)CC2)c1. The van der Waals surface area contributed by atoms with Gasteiger partial charge in [-0.15, -0.1) is 0 Å². The van der Waals surface area contributed by atoms with E-state index in [9.17, 15) is 9.59 Å². The van der Waals surface area contributed by atoms with Gasteiger partial charge in [0, 0.05) is 44.5 Å². The number of likely N-dealkylation sites (tertiary alicyclic amines) is 1. The molecule has 2 aliphatic rings. The molecule has 2 heterocycles. The quantitative estimate of drug-likeness (QED) is 0.836. The Balaban J connectivity index is 1.53. The molecule has 3 rings (SSSR count). The average molecular weight is 360 g/mol. The van der Waals surface area contributed by atoms with Crippen LogP contribution in [-0.2, 0) is 9.59 Å². The van der Waals surface area contributed by atoms with Crippen molar-refractivity contribution in [3.05, 3.63) is 24.3 Å². The molecule has 0 unspecified atom stereocenters. The number of piperazine rings is 1. The summed E-state index contributed by atoms with van der Waals surface area (Å²) in [5, 5.41) is 0. The smallest absolute Gasteiger partial charge is 0.240 e. The molecule has 1 aromatic carbocycles. The molecule has 0 bridgehead atoms. The number of benzene rings is 1. The summed E-state index contributed by atoms with van der Waals surface area (Å²) in [6.45, 7) is 4.35. The van der Waals surface area contributed by atoms with Crippen LogP contribution in [0.2, 0.25) is 0 Å². The summed E-state index contributed by atoms with van der Waals surface area (Å²) in [4.78, 5) is 30.4. The van der Waals surface area contributed by atoms with E-state index in [1.807, 2.05) is 18.2 Å². The van der Waals surface area contributed by atoms with Gasteiger partial charge in [-0.1, -0.05) is 6.07 Å². The third-order valence-corrected chi connectivity index (χ3v) is 5.30. The summed E-state index contributed by atoms with van der Waals surface area (Å²) in [5.74, 6) is 0.479. The molecule has 2 aliphatic heterocycles. The molecule has 142 valence electrons. The van der Waals surface area contributed by atoms with E-state index in [0.29, 0.717) is 19.5 Å². The summed E-state index contributed by atoms with van der Waals surface area (Å²) in [7, 11) is 1.67. The predicted octanol–water partition coefficient (Wildman–Crippen LogP) is 0.684. The summed E-state index contributed by atoms with van der Waals surface area (Å²) in [6.07, 6.45) is 2.58. The van der Waals surface area contributed by atoms with Gasteiger partial charge in [-0.3, -0.25) is 14.5 Å². The molecule has 2 N–H and O–H groups in total. The fraction of sp³-hybridized carbons (Fsp3) is 0.579. The summed E-state index contributed by atoms with van der Waals surface area (Å²) in [6, 6.07) is 7.60. The van der Waals surface area contributed by atoms with Crippen LogP contribution >= 0.6 is 0 Å². The number of carbonyl (C=O) groups excluding carboxylic acids is 2. The third kappa shape index (κ3) is 4.27. The number of nitrogens with zero attached hydrogens (tertiary/aromatic N) is 3. The zero-order valence-corrected chi connectivity index (χ0v) is 15.4. The van der Waals surface area contributed by atoms with Crippen molar-refractivity contribution in [2.45, 2.75) is 25.3 Å². The first-order valence-electron chi connectivity index (χ1n) is 9.28. The van der Waals surface area contributed by atoms with E-state index in [0.717, 1.165) is 50.5 Å². The van der Waals surface area contributed by atoms with Crippen LogP contribution in [0.1, 0.15) is 19.3 Å². The van der Waals surface area contributed by atoms with Gasteiger partial charge in [0.2, 0.25) is 11.8 Å². The minimum atomic E-state index is -0.436. The van der Waals surface area contributed by atoms with Gasteiger partial charge in [0.1, 0.15) is 11.8 Å². The lowest BCUT2D eigenvalue weighted by molar-refractivity contribution is -0.142. The first kappa shape index (κ1) is 18.5. The van der Waals surface area contributed by atoms with Gasteiger partial charge in [0.15, 0.2) is 0 Å². The maximum absolute atomic E-state index is 12.7. The standard InChI is InChI=1S/C19H28N4O3/c1-26-16-6-4-5-15(13-16)22-11-9-21(10-12-22)14-18(24)23-8-3-2-7-17(23)19(20)25/h4-6,13,17H,2-3,7-12,14H2,1H3,(H2,20,25)/t17-/m1/s1. The first-order valence-corrected chi connectivity index (χ1v) is 9.28. The van der Waals surface area contributed by atoms with Crippen LogP contribution in [0.4, 0.5) is 5.69 Å². The summed E-state index contributed by atoms with van der Waals surface area (Å²) >= 11 is 0. The van der Waals surface area contributed by atoms with Crippen LogP contribution in [0.15, 0.2) is 24.3 Å². The maximum Gasteiger partial charge on any atom is 0.240 e. The molecule has 2 fully saturated rings. The maximum atomic E-state index is 12.7. The van der Waals surface area contributed by atoms with Crippen LogP contribution < -0.4 is 15.4 Å². The van der Waals surface area contributed by atoms with Crippen molar-refractivity contribution in [1.82, 2.24) is 9.80 Å². The molecule has 0 radical (unpaired) electrons. The van der Waals surface area contributed by atoms with Crippen LogP contribution in [0, 0.1) is 0 Å². The van der Waals surface area contributed by atoms with Crippen molar-refractivity contribution in [3.8, 4) is 5.75 Å². The van der Waals surface area contributed by atoms with E-state index in [1.165, 1.54) is 0 Å². The van der Waals surface area contributed by atoms with Crippen LogP contribution in [0.5, 0.6) is 5.75 Å². The Morgan fingerprint density at radius 2 is 1.92 bits per heavy atom. The van der Waals surface area contributed by atoms with Crippen molar-refractivity contribution in [1.29, 1.82) is 0 Å². The molecule has 1 atom stereocenters. The number of piperidine rings is 1. The molecule has 2 saturated heterocycles. The molecule has 0 aromatic heterocycles. The first-order chi connectivity index (χ1) is 12.6. The monoisotopic (exact) mass is 360 g/mol. The average Bonchev–Trinajstić information content (AvgIpc) is 2.68. The van der Waals surface area contributed by atoms with E-state index in [2.05, 4.69) is 15.9 Å². The van der Waals surface area contributed by atoms with E-state index in [4.69, 9.17) is 10.5 Å². The largest absolute Gasteiger partial charge is 0.497 e. The molecule has 2 amide bonds. The predicted molar refractivity (Wildman–Crippen MR) is 100 cm³/mol. The molecular weight excluding hydrogens is 332 g/mol. The van der Waals surface area contributed by atoms with Crippen molar-refractivity contribution in [2.75, 3.05) is 51.3 Å². The van der Waals surface area contributed by atoms with Crippen molar-refractivity contribution in [3.63, 3.8) is 0 Å². The van der Waals surface area contributed by atoms with Crippen LogP contribution in [-0.4, -0.2) is 74.0 Å². The zero-order valence-electron chi connectivity index (χ0n) is 15.4. The highest BCUT2D eigenvalue weighted by Gasteiger charge is 2.31. The molecule has 0 aliphatic carbocycles. The number of hydrogen-bond donors (Lipinski definition) is 1. The molecule has 0 spiro atoms. The lowest BCUT2D eigenvalue weighted by atomic mass is 10.0. The minimum Gasteiger partial charge on any atom is -0.497 e. The van der Waals surface area contributed by atoms with Gasteiger partial charge in [-0.25, -0.2) is 0 Å². The fourth-order valence-corrected chi connectivity index (χ4v) is 3.78. The number of primary amides is 1. The lowest BCUT2D eigenvalue weighted by Gasteiger charge is -2.38. The molecule has 7 heteroatoms. The lowest BCUT2D eigenvalue weighted by Crippen LogP contribution is -2.55. The van der Waals surface area contributed by atoms with E-state index in [-0.39, 0.29) is 11.8 Å². The topological polar surface area (TPSA) is 79.1 Å². The number of rotatable bonds is 5. The summed E-state index contributed by atoms with van der Waals surface area (Å²) < 4.78 is 5.29. The molecule has 26 heavy (non-hydrogen) atoms. The Labute approximate surface area is 154 Å². The Bertz CT molecular complexity index is 643. The fourth-order valence-electron chi connectivity index (χ4n) is 3.78. The molecular formula is C19H28N4O3. The van der Waals surface area contributed by atoms with Crippen molar-refractivity contribution >= 4 is 17.5 Å². The second kappa shape index (κ2) is 8.40. The zero-order chi connectivity index (χ0) is 18.5. The number of methoxy groups -OCH3 is 1. The molecule has 7 nitrogen and oxygen atoms in total. The molecule has 1 aromatic rings. The number of nitrogens with two attached hydrogens (primary N) is 1. The number of ether oxygens (including phenoxy) is 1. The second-order valence-corrected chi connectivity index (χ2v) is 6.97. The van der Waals surface area contributed by atoms with Crippen molar-refractivity contribution < 1.29 is 14.3 Å². The van der Waals surface area contributed by atoms with Gasteiger partial charge < -0.3 is 20.3 Å². The highest BCUT2D eigenvalue weighted by Crippen LogP contribution is 2.22. The minimum absolute atomic E-state index is 0.0170. The van der Waals surface area contributed by atoms with E-state index < -0.39 is 6.04 Å². The number of carbonyl (C=O) groups is 2. The van der Waals surface area contributed by atoms with Gasteiger partial charge in [0.05, 0.1) is 13.7 Å². The highest BCUT2D eigenvalue weighted by atomic mass is 16.5. The highest BCUT2D eigenvalue weighted by molar-refractivity contribution is 5.87. The second-order valence-electron chi connectivity index (χ2n) is 6.97. The van der Waals surface area contributed by atoms with Crippen LogP contribution in [0.3, 0.4) is 0 Å². The molecule has 0 saturated carbocycles. The summed E-state index contributed by atoms with van der Waals surface area (Å²) in [5.41, 5.74) is 6.61. The number of anilines is 1. The Morgan fingerprint density at radius 1 is 1.15 bits per heavy atom. The Morgan fingerprint density at radius 3 is 2.62 bits per heavy atom. The van der Waals surface area contributed by atoms with Gasteiger partial charge in [-0.2, -0.15) is 0 Å². The van der Waals surface area contributed by atoms with Gasteiger partial charge in [-0.05, 0) is 31.4 Å². The Kier molecular flexibility index (Phi) is 5.98. The van der Waals surface area contributed by atoms with E-state index in [1.54, 1.807) is 12.0 Å². The van der Waals surface area contributed by atoms with Crippen molar-refractivity contribution in [2.24, 2.45) is 5.73 Å². The van der Waals surface area contributed by atoms with Crippen LogP contribution in [0.25, 0.3) is 0 Å². The van der Waals surface area contributed by atoms with Gasteiger partial charge in [0.25, 0.3) is 0 Å². The third-order valence-electron chi connectivity index (χ3n) is 5.30. The Hall–Kier alpha value is -2.28. The number of amides is 2.